The van der Waals surface area contributed by atoms with Crippen molar-refractivity contribution in [3.8, 4) is 17.2 Å². The van der Waals surface area contributed by atoms with Crippen molar-refractivity contribution < 1.29 is 33.5 Å². The van der Waals surface area contributed by atoms with Gasteiger partial charge in [0.05, 0.1) is 38.8 Å². The summed E-state index contributed by atoms with van der Waals surface area (Å²) in [5.74, 6) is -0.980. The summed E-state index contributed by atoms with van der Waals surface area (Å²) >= 11 is 0. The minimum Gasteiger partial charge on any atom is -0.493 e. The van der Waals surface area contributed by atoms with Crippen LogP contribution in [0.15, 0.2) is 36.4 Å². The van der Waals surface area contributed by atoms with E-state index in [2.05, 4.69) is 0 Å². The lowest BCUT2D eigenvalue weighted by molar-refractivity contribution is -0.386. The van der Waals surface area contributed by atoms with Gasteiger partial charge in [0.15, 0.2) is 5.75 Å². The summed E-state index contributed by atoms with van der Waals surface area (Å²) in [7, 11) is 5.28. The molecule has 0 N–H and O–H groups in total. The van der Waals surface area contributed by atoms with Gasteiger partial charge in [-0.25, -0.2) is 0 Å². The van der Waals surface area contributed by atoms with E-state index in [4.69, 9.17) is 18.9 Å². The standard InChI is InChI=1S/C23H26N2O8/c1-30-17-14-16(18(25(28)29)20(32-3)19(17)31-2)21(26)24-12-10-23(11-13-24,22(27)33-4)15-8-6-5-7-9-15/h5-9,14H,10-13H2,1-4H3. The number of benzene rings is 2. The lowest BCUT2D eigenvalue weighted by Gasteiger charge is -2.40. The zero-order valence-corrected chi connectivity index (χ0v) is 19.0. The van der Waals surface area contributed by atoms with Gasteiger partial charge in [0.2, 0.25) is 11.5 Å². The molecule has 1 aliphatic heterocycles. The van der Waals surface area contributed by atoms with E-state index in [-0.39, 0.29) is 41.9 Å². The second kappa shape index (κ2) is 9.76. The highest BCUT2D eigenvalue weighted by atomic mass is 16.6. The van der Waals surface area contributed by atoms with Gasteiger partial charge >= 0.3 is 11.7 Å². The van der Waals surface area contributed by atoms with Gasteiger partial charge in [-0.3, -0.25) is 19.7 Å². The number of esters is 1. The number of carbonyl (C=O) groups excluding carboxylic acids is 2. The largest absolute Gasteiger partial charge is 0.493 e. The predicted octanol–water partition coefficient (Wildman–Crippen LogP) is 2.97. The van der Waals surface area contributed by atoms with Gasteiger partial charge in [-0.2, -0.15) is 0 Å². The molecule has 176 valence electrons. The summed E-state index contributed by atoms with van der Waals surface area (Å²) in [5, 5.41) is 11.9. The maximum absolute atomic E-state index is 13.4. The summed E-state index contributed by atoms with van der Waals surface area (Å²) < 4.78 is 20.8. The van der Waals surface area contributed by atoms with Gasteiger partial charge in [-0.05, 0) is 18.4 Å². The normalized spacial score (nSPS) is 14.8. The molecule has 0 saturated carbocycles. The minimum absolute atomic E-state index is 0.0238. The second-order valence-electron chi connectivity index (χ2n) is 7.53. The SMILES string of the molecule is COC(=O)C1(c2ccccc2)CCN(C(=O)c2cc(OC)c(OC)c(OC)c2[N+](=O)[O-])CC1. The minimum atomic E-state index is -0.895. The maximum atomic E-state index is 13.4. The Labute approximate surface area is 191 Å². The molecule has 0 unspecified atom stereocenters. The van der Waals surface area contributed by atoms with Crippen molar-refractivity contribution >= 4 is 17.6 Å². The molecule has 3 rings (SSSR count). The van der Waals surface area contributed by atoms with E-state index >= 15 is 0 Å². The first-order valence-corrected chi connectivity index (χ1v) is 10.2. The van der Waals surface area contributed by atoms with Gasteiger partial charge in [-0.15, -0.1) is 0 Å². The van der Waals surface area contributed by atoms with Crippen LogP contribution in [0.5, 0.6) is 17.2 Å². The molecule has 0 bridgehead atoms. The zero-order chi connectivity index (χ0) is 24.2. The quantitative estimate of drug-likeness (QED) is 0.353. The van der Waals surface area contributed by atoms with Crippen LogP contribution in [0.3, 0.4) is 0 Å². The molecule has 1 saturated heterocycles. The second-order valence-corrected chi connectivity index (χ2v) is 7.53. The van der Waals surface area contributed by atoms with Crippen molar-refractivity contribution in [3.63, 3.8) is 0 Å². The fourth-order valence-corrected chi connectivity index (χ4v) is 4.31. The molecule has 0 aromatic heterocycles. The van der Waals surface area contributed by atoms with Gasteiger partial charge in [0.1, 0.15) is 5.56 Å². The van der Waals surface area contributed by atoms with Gasteiger partial charge < -0.3 is 23.8 Å². The third kappa shape index (κ3) is 4.15. The van der Waals surface area contributed by atoms with E-state index in [1.807, 2.05) is 30.3 Å². The molecular weight excluding hydrogens is 432 g/mol. The van der Waals surface area contributed by atoms with Crippen molar-refractivity contribution in [1.82, 2.24) is 4.90 Å². The predicted molar refractivity (Wildman–Crippen MR) is 118 cm³/mol. The van der Waals surface area contributed by atoms with Crippen LogP contribution in [0.2, 0.25) is 0 Å². The van der Waals surface area contributed by atoms with E-state index in [1.165, 1.54) is 39.4 Å². The number of hydrogen-bond donors (Lipinski definition) is 0. The number of nitrogens with zero attached hydrogens (tertiary/aromatic N) is 2. The molecule has 0 atom stereocenters. The molecule has 33 heavy (non-hydrogen) atoms. The molecule has 2 aromatic rings. The van der Waals surface area contributed by atoms with E-state index in [9.17, 15) is 19.7 Å². The Hall–Kier alpha value is -3.82. The van der Waals surface area contributed by atoms with Crippen LogP contribution < -0.4 is 14.2 Å². The zero-order valence-electron chi connectivity index (χ0n) is 19.0. The molecular formula is C23H26N2O8. The van der Waals surface area contributed by atoms with Crippen LogP contribution in [-0.2, 0) is 14.9 Å². The summed E-state index contributed by atoms with van der Waals surface area (Å²) in [5.41, 5.74) is -0.774. The highest BCUT2D eigenvalue weighted by Crippen LogP contribution is 2.47. The molecule has 0 spiro atoms. The topological polar surface area (TPSA) is 117 Å². The van der Waals surface area contributed by atoms with Crippen molar-refractivity contribution in [3.05, 3.63) is 57.6 Å². The monoisotopic (exact) mass is 458 g/mol. The molecule has 1 fully saturated rings. The van der Waals surface area contributed by atoms with Crippen LogP contribution in [0, 0.1) is 10.1 Å². The average molecular weight is 458 g/mol. The third-order valence-corrected chi connectivity index (χ3v) is 6.02. The fourth-order valence-electron chi connectivity index (χ4n) is 4.31. The van der Waals surface area contributed by atoms with Crippen LogP contribution in [-0.4, -0.2) is 63.2 Å². The molecule has 0 radical (unpaired) electrons. The van der Waals surface area contributed by atoms with Crippen LogP contribution >= 0.6 is 0 Å². The van der Waals surface area contributed by atoms with E-state index in [1.54, 1.807) is 0 Å². The Balaban J connectivity index is 1.98. The Morgan fingerprint density at radius 3 is 2.06 bits per heavy atom. The van der Waals surface area contributed by atoms with Crippen LogP contribution in [0.25, 0.3) is 0 Å². The number of amides is 1. The summed E-state index contributed by atoms with van der Waals surface area (Å²) in [4.78, 5) is 38.8. The number of hydrogen-bond acceptors (Lipinski definition) is 8. The van der Waals surface area contributed by atoms with Crippen molar-refractivity contribution in [1.29, 1.82) is 0 Å². The Morgan fingerprint density at radius 1 is 0.970 bits per heavy atom. The van der Waals surface area contributed by atoms with Gasteiger partial charge in [0.25, 0.3) is 5.91 Å². The molecule has 2 aromatic carbocycles. The highest BCUT2D eigenvalue weighted by molar-refractivity contribution is 6.01. The number of nitro groups is 1. The summed E-state index contributed by atoms with van der Waals surface area (Å²) in [6.07, 6.45) is 0.626. The molecule has 0 aliphatic carbocycles. The lowest BCUT2D eigenvalue weighted by Crippen LogP contribution is -2.49. The third-order valence-electron chi connectivity index (χ3n) is 6.02. The Kier molecular flexibility index (Phi) is 7.05. The van der Waals surface area contributed by atoms with Gasteiger partial charge in [-0.1, -0.05) is 30.3 Å². The number of nitro benzene ring substituents is 1. The first kappa shape index (κ1) is 23.8. The molecule has 1 aliphatic rings. The number of piperidine rings is 1. The van der Waals surface area contributed by atoms with E-state index in [0.29, 0.717) is 12.8 Å². The van der Waals surface area contributed by atoms with Crippen LogP contribution in [0.4, 0.5) is 5.69 Å². The van der Waals surface area contributed by atoms with Gasteiger partial charge in [0, 0.05) is 19.2 Å². The number of carbonyl (C=O) groups is 2. The summed E-state index contributed by atoms with van der Waals surface area (Å²) in [6, 6.07) is 10.5. The number of ether oxygens (including phenoxy) is 4. The lowest BCUT2D eigenvalue weighted by atomic mass is 9.72. The summed E-state index contributed by atoms with van der Waals surface area (Å²) in [6.45, 7) is 0.410. The highest BCUT2D eigenvalue weighted by Gasteiger charge is 2.45. The van der Waals surface area contributed by atoms with Crippen molar-refractivity contribution in [2.24, 2.45) is 0 Å². The van der Waals surface area contributed by atoms with E-state index < -0.39 is 21.9 Å². The molecule has 1 amide bonds. The number of rotatable bonds is 7. The first-order valence-electron chi connectivity index (χ1n) is 10.2. The molecule has 1 heterocycles. The average Bonchev–Trinajstić information content (AvgIpc) is 2.86. The molecule has 10 heteroatoms. The Bertz CT molecular complexity index is 1050. The van der Waals surface area contributed by atoms with Crippen molar-refractivity contribution in [2.45, 2.75) is 18.3 Å². The Morgan fingerprint density at radius 2 is 1.58 bits per heavy atom. The van der Waals surface area contributed by atoms with Crippen molar-refractivity contribution in [2.75, 3.05) is 41.5 Å². The maximum Gasteiger partial charge on any atom is 0.327 e. The molecule has 10 nitrogen and oxygen atoms in total. The fraction of sp³-hybridized carbons (Fsp3) is 0.391. The smallest absolute Gasteiger partial charge is 0.327 e. The van der Waals surface area contributed by atoms with E-state index in [0.717, 1.165) is 5.56 Å². The number of methoxy groups -OCH3 is 4. The van der Waals surface area contributed by atoms with Crippen LogP contribution in [0.1, 0.15) is 28.8 Å². The first-order chi connectivity index (χ1) is 15.8. The number of likely N-dealkylation sites (tertiary alicyclic amines) is 1.